The maximum atomic E-state index is 14.9. The lowest BCUT2D eigenvalue weighted by Crippen LogP contribution is -2.81. The van der Waals surface area contributed by atoms with Crippen molar-refractivity contribution in [3.63, 3.8) is 0 Å². The average Bonchev–Trinajstić information content (AvgIpc) is 3.16. The predicted molar refractivity (Wildman–Crippen MR) is 205 cm³/mol. The van der Waals surface area contributed by atoms with Crippen LogP contribution in [-0.2, 0) is 33.3 Å². The van der Waals surface area contributed by atoms with Gasteiger partial charge in [0.15, 0.2) is 11.4 Å². The summed E-state index contributed by atoms with van der Waals surface area (Å²) in [6.07, 6.45) is -4.74. The van der Waals surface area contributed by atoms with Crippen molar-refractivity contribution >= 4 is 41.5 Å². The smallest absolute Gasteiger partial charge is 0.338 e. The van der Waals surface area contributed by atoms with Gasteiger partial charge in [-0.15, -0.1) is 0 Å². The highest BCUT2D eigenvalue weighted by atomic mass is 32.2. The Balaban J connectivity index is 1.28. The number of esters is 3. The Morgan fingerprint density at radius 3 is 2.12 bits per heavy atom. The molecule has 1 heterocycles. The van der Waals surface area contributed by atoms with Gasteiger partial charge in [-0.3, -0.25) is 9.59 Å². The summed E-state index contributed by atoms with van der Waals surface area (Å²) in [5, 5.41) is 37.2. The van der Waals surface area contributed by atoms with Crippen LogP contribution in [0.1, 0.15) is 63.4 Å². The Kier molecular flexibility index (Phi) is 10.4. The number of ketones is 1. The van der Waals surface area contributed by atoms with Crippen molar-refractivity contribution in [1.29, 1.82) is 0 Å². The largest absolute Gasteiger partial charge is 0.455 e. The molecule has 294 valence electrons. The molecule has 1 aliphatic heterocycles. The second-order valence-corrected chi connectivity index (χ2v) is 17.1. The van der Waals surface area contributed by atoms with E-state index in [2.05, 4.69) is 0 Å². The van der Waals surface area contributed by atoms with Crippen molar-refractivity contribution < 1.29 is 53.4 Å². The highest BCUT2D eigenvalue weighted by Gasteiger charge is 2.78. The van der Waals surface area contributed by atoms with Gasteiger partial charge >= 0.3 is 17.9 Å². The molecule has 9 atom stereocenters. The van der Waals surface area contributed by atoms with Gasteiger partial charge in [-0.2, -0.15) is 0 Å². The van der Waals surface area contributed by atoms with Gasteiger partial charge in [0, 0.05) is 41.0 Å². The Labute approximate surface area is 329 Å². The predicted octanol–water partition coefficient (Wildman–Crippen LogP) is 5.50. The van der Waals surface area contributed by atoms with Gasteiger partial charge < -0.3 is 34.3 Å². The van der Waals surface area contributed by atoms with Crippen molar-refractivity contribution in [2.45, 2.75) is 99.0 Å². The lowest BCUT2D eigenvalue weighted by Gasteiger charge is -2.67. The third kappa shape index (κ3) is 6.51. The summed E-state index contributed by atoms with van der Waals surface area (Å²) in [6.45, 7) is 7.29. The molecule has 0 unspecified atom stereocenters. The first-order valence-electron chi connectivity index (χ1n) is 18.7. The molecule has 12 heteroatoms. The van der Waals surface area contributed by atoms with Crippen LogP contribution in [0.3, 0.4) is 0 Å². The topological polar surface area (TPSA) is 166 Å². The summed E-state index contributed by atoms with van der Waals surface area (Å²) >= 11 is 1.60. The quantitative estimate of drug-likeness (QED) is 0.114. The summed E-state index contributed by atoms with van der Waals surface area (Å²) in [5.74, 6) is -4.55. The van der Waals surface area contributed by atoms with Gasteiger partial charge in [0.25, 0.3) is 0 Å². The number of ether oxygens (including phenoxy) is 4. The zero-order valence-electron chi connectivity index (χ0n) is 31.8. The van der Waals surface area contributed by atoms with E-state index in [0.29, 0.717) is 5.57 Å². The number of aliphatic hydroxyl groups excluding tert-OH is 2. The third-order valence-electron chi connectivity index (χ3n) is 12.4. The van der Waals surface area contributed by atoms with E-state index in [4.69, 9.17) is 18.9 Å². The van der Waals surface area contributed by atoms with Crippen LogP contribution in [0.4, 0.5) is 0 Å². The van der Waals surface area contributed by atoms with Crippen molar-refractivity contribution in [2.75, 3.05) is 6.61 Å². The minimum Gasteiger partial charge on any atom is -0.455 e. The van der Waals surface area contributed by atoms with Crippen LogP contribution >= 0.6 is 11.8 Å². The van der Waals surface area contributed by atoms with E-state index in [0.717, 1.165) is 15.4 Å². The second kappa shape index (κ2) is 14.7. The van der Waals surface area contributed by atoms with Gasteiger partial charge in [0.2, 0.25) is 0 Å². The number of rotatable bonds is 8. The van der Waals surface area contributed by atoms with Crippen molar-refractivity contribution in [3.8, 4) is 0 Å². The van der Waals surface area contributed by atoms with Crippen LogP contribution in [0.2, 0.25) is 0 Å². The molecule has 0 amide bonds. The zero-order valence-corrected chi connectivity index (χ0v) is 32.7. The molecule has 11 nitrogen and oxygen atoms in total. The van der Waals surface area contributed by atoms with Crippen molar-refractivity contribution in [2.24, 2.45) is 16.7 Å². The molecule has 0 spiro atoms. The molecule has 3 N–H and O–H groups in total. The van der Waals surface area contributed by atoms with Gasteiger partial charge in [0.05, 0.1) is 29.6 Å². The summed E-state index contributed by atoms with van der Waals surface area (Å²) in [7, 11) is 0. The number of carbonyl (C=O) groups is 4. The lowest BCUT2D eigenvalue weighted by molar-refractivity contribution is -0.345. The number of fused-ring (bicyclic) bond motifs is 5. The first-order valence-corrected chi connectivity index (χ1v) is 19.5. The summed E-state index contributed by atoms with van der Waals surface area (Å²) in [6, 6.07) is 25.6. The number of aliphatic hydroxyl groups is 3. The number of benzene rings is 3. The maximum Gasteiger partial charge on any atom is 0.338 e. The molecule has 7 rings (SSSR count). The monoisotopic (exact) mass is 782 g/mol. The molecule has 3 fully saturated rings. The number of carbonyl (C=O) groups excluding carboxylic acids is 4. The van der Waals surface area contributed by atoms with Gasteiger partial charge in [0.1, 0.15) is 30.0 Å². The van der Waals surface area contributed by atoms with Crippen molar-refractivity contribution in [1.82, 2.24) is 0 Å². The van der Waals surface area contributed by atoms with E-state index in [1.165, 1.54) is 32.1 Å². The zero-order chi connectivity index (χ0) is 40.2. The van der Waals surface area contributed by atoms with Crippen LogP contribution in [0.25, 0.3) is 6.08 Å². The molecule has 3 aliphatic carbocycles. The summed E-state index contributed by atoms with van der Waals surface area (Å²) < 4.78 is 24.2. The van der Waals surface area contributed by atoms with E-state index < -0.39 is 82.2 Å². The van der Waals surface area contributed by atoms with Crippen LogP contribution < -0.4 is 0 Å². The van der Waals surface area contributed by atoms with Crippen molar-refractivity contribution in [3.05, 3.63) is 113 Å². The highest BCUT2D eigenvalue weighted by Crippen LogP contribution is 2.64. The van der Waals surface area contributed by atoms with Crippen LogP contribution in [-0.4, -0.2) is 87.3 Å². The lowest BCUT2D eigenvalue weighted by atomic mass is 9.44. The Morgan fingerprint density at radius 1 is 0.893 bits per heavy atom. The molecule has 2 bridgehead atoms. The van der Waals surface area contributed by atoms with Crippen LogP contribution in [0.5, 0.6) is 0 Å². The van der Waals surface area contributed by atoms with E-state index in [1.54, 1.807) is 56.8 Å². The molecule has 3 aromatic carbocycles. The first kappa shape index (κ1) is 39.6. The Morgan fingerprint density at radius 2 is 1.52 bits per heavy atom. The van der Waals surface area contributed by atoms with Crippen LogP contribution in [0.15, 0.2) is 112 Å². The Hall–Kier alpha value is -4.59. The molecule has 1 saturated heterocycles. The fourth-order valence-electron chi connectivity index (χ4n) is 9.39. The van der Waals surface area contributed by atoms with Gasteiger partial charge in [-0.25, -0.2) is 9.59 Å². The van der Waals surface area contributed by atoms with E-state index in [9.17, 15) is 34.5 Å². The SMILES string of the molecule is CC(=O)O[C@@]12CO[C@@H]1C[C@H](O)[C@@]1(C)C(=O)[C@H](O)C3=C(C)[C@@H](OC(=O)/C=C/c4ccc(Sc5ccccc5)cc4)C[C@@](O)([C@@H](OC(=O)c4ccccc4)[C@H]21)C3(C)C. The molecule has 3 aromatic rings. The molecular formula is C44H46O11S. The first-order chi connectivity index (χ1) is 26.5. The second-order valence-electron chi connectivity index (χ2n) is 15.9. The summed E-state index contributed by atoms with van der Waals surface area (Å²) in [5.41, 5.74) is -5.96. The van der Waals surface area contributed by atoms with Gasteiger partial charge in [-0.1, -0.05) is 74.1 Å². The molecule has 0 aromatic heterocycles. The fourth-order valence-corrected chi connectivity index (χ4v) is 10.2. The molecule has 4 aliphatic rings. The fraction of sp³-hybridized carbons (Fsp3) is 0.409. The molecule has 2 saturated carbocycles. The molecule has 56 heavy (non-hydrogen) atoms. The highest BCUT2D eigenvalue weighted by molar-refractivity contribution is 7.99. The average molecular weight is 783 g/mol. The third-order valence-corrected chi connectivity index (χ3v) is 13.5. The van der Waals surface area contributed by atoms with E-state index in [1.807, 2.05) is 54.6 Å². The molecular weight excluding hydrogens is 737 g/mol. The normalized spacial score (nSPS) is 33.2. The van der Waals surface area contributed by atoms with Crippen LogP contribution in [0, 0.1) is 16.7 Å². The number of hydrogen-bond acceptors (Lipinski definition) is 12. The molecule has 0 radical (unpaired) electrons. The number of hydrogen-bond donors (Lipinski definition) is 3. The van der Waals surface area contributed by atoms with E-state index in [-0.39, 0.29) is 30.6 Å². The Bertz CT molecular complexity index is 2080. The van der Waals surface area contributed by atoms with E-state index >= 15 is 0 Å². The standard InChI is InChI=1S/C44H46O11S/c1-25-31(53-34(47)21-18-27-16-19-30(20-17-27)56-29-14-10-7-11-15-29)23-44(51)39(54-40(50)28-12-8-6-9-13-28)37-42(5,38(49)36(48)35(25)41(44,3)4)32(46)22-33-43(37,24-52-33)55-26(2)45/h6-21,31-33,36-37,39,46,48,51H,22-24H2,1-5H3/b21-18+/t31-,32-,33+,36+,37-,39-,42+,43-,44+/m0/s1. The minimum absolute atomic E-state index is 0.0747. The maximum absolute atomic E-state index is 14.9. The minimum atomic E-state index is -2.19. The number of Topliss-reactive ketones (excluding diaryl/α,β-unsaturated/α-hetero) is 1. The van der Waals surface area contributed by atoms with Gasteiger partial charge in [-0.05, 0) is 73.0 Å². The summed E-state index contributed by atoms with van der Waals surface area (Å²) in [4.78, 5) is 57.3.